The van der Waals surface area contributed by atoms with E-state index in [0.29, 0.717) is 42.9 Å². The molecule has 6 rings (SSSR count). The van der Waals surface area contributed by atoms with Gasteiger partial charge in [-0.05, 0) is 80.9 Å². The molecule has 0 bridgehead atoms. The van der Waals surface area contributed by atoms with Crippen molar-refractivity contribution in [3.8, 4) is 11.6 Å². The monoisotopic (exact) mass is 743 g/mol. The van der Waals surface area contributed by atoms with Gasteiger partial charge in [0.2, 0.25) is 27.7 Å². The Bertz CT molecular complexity index is 1900. The highest BCUT2D eigenvalue weighted by atomic mass is 32.2. The zero-order valence-electron chi connectivity index (χ0n) is 29.7. The number of rotatable bonds is 8. The average Bonchev–Trinajstić information content (AvgIpc) is 3.97. The van der Waals surface area contributed by atoms with Crippen molar-refractivity contribution in [1.82, 2.24) is 25.2 Å². The molecule has 3 heterocycles. The molecule has 0 radical (unpaired) electrons. The van der Waals surface area contributed by atoms with Gasteiger partial charge in [0, 0.05) is 23.9 Å². The highest BCUT2D eigenvalue weighted by Crippen LogP contribution is 2.47. The van der Waals surface area contributed by atoms with Gasteiger partial charge < -0.3 is 30.1 Å². The third-order valence-corrected chi connectivity index (χ3v) is 13.3. The maximum atomic E-state index is 14.8. The maximum absolute atomic E-state index is 14.8. The summed E-state index contributed by atoms with van der Waals surface area (Å²) in [4.78, 5) is 60.2. The van der Waals surface area contributed by atoms with Crippen molar-refractivity contribution >= 4 is 44.6 Å². The van der Waals surface area contributed by atoms with E-state index in [-0.39, 0.29) is 36.9 Å². The molecular formula is C36H46FN5O9S. The predicted octanol–water partition coefficient (Wildman–Crippen LogP) is 3.64. The number of aromatic nitrogens is 1. The molecule has 4 aliphatic rings. The first-order chi connectivity index (χ1) is 24.6. The smallest absolute Gasteiger partial charge is 0.405 e. The van der Waals surface area contributed by atoms with Gasteiger partial charge in [0.1, 0.15) is 23.7 Å². The number of carbonyl (C=O) groups is 4. The Labute approximate surface area is 301 Å². The summed E-state index contributed by atoms with van der Waals surface area (Å²) in [6, 6.07) is 1.96. The number of amides is 4. The van der Waals surface area contributed by atoms with Crippen LogP contribution in [0.2, 0.25) is 0 Å². The number of hydrogen-bond donors (Lipinski definition) is 4. The number of pyridine rings is 1. The van der Waals surface area contributed by atoms with Crippen molar-refractivity contribution in [2.45, 2.75) is 101 Å². The van der Waals surface area contributed by atoms with Crippen molar-refractivity contribution in [3.63, 3.8) is 0 Å². The van der Waals surface area contributed by atoms with E-state index < -0.39 is 80.0 Å². The normalized spacial score (nSPS) is 30.8. The molecule has 2 aliphatic heterocycles. The fraction of sp³-hybridized carbons (Fsp3) is 0.583. The van der Waals surface area contributed by atoms with Crippen LogP contribution < -0.4 is 24.8 Å². The molecule has 0 spiro atoms. The molecule has 2 unspecified atom stereocenters. The van der Waals surface area contributed by atoms with Crippen LogP contribution >= 0.6 is 0 Å². The molecule has 2 aliphatic carbocycles. The summed E-state index contributed by atoms with van der Waals surface area (Å²) in [6.45, 7) is 5.32. The quantitative estimate of drug-likeness (QED) is 0.290. The van der Waals surface area contributed by atoms with Crippen LogP contribution in [-0.2, 0) is 24.4 Å². The molecule has 2 aromatic rings. The standard InChI is InChI=1S/C36H46FN5O9S/c1-5-21-14-20(2)8-6-7-9-23-18-36(23,33(45)41-52(48,49)35(3)11-12-35)40-30(43)27-16-24(19-42(27)32(44)29(21)39-34(46)47)51-31-25-17-26(37)28(50-4)15-22(25)10-13-38-31/h7,9-10,13,15,17,20-21,23-24,27,29,39H,5-6,8,11-12,14,16,18-19H2,1-4H3,(H,40,43)(H,41,45)(H,46,47)/b9-7-/t20-,21+,23?,24+,27-,29-,36?/m0/s1. The SMILES string of the molecule is CC[C@@H]1C[C@@H](C)CC/C=C\C2CC2(C(=O)NS(=O)(=O)C2(C)CC2)NC(=O)[C@@H]2C[C@@H](Oc3nccc4cc(OC)c(F)cc34)CN2C(=O)[C@H]1NC(=O)O. The van der Waals surface area contributed by atoms with Crippen LogP contribution in [-0.4, -0.2) is 89.4 Å². The fourth-order valence-corrected chi connectivity index (χ4v) is 8.82. The van der Waals surface area contributed by atoms with Gasteiger partial charge in [0.15, 0.2) is 11.6 Å². The first-order valence-corrected chi connectivity index (χ1v) is 19.2. The van der Waals surface area contributed by atoms with E-state index in [9.17, 15) is 37.1 Å². The summed E-state index contributed by atoms with van der Waals surface area (Å²) in [5, 5.41) is 16.0. The zero-order valence-corrected chi connectivity index (χ0v) is 30.5. The van der Waals surface area contributed by atoms with Gasteiger partial charge in [-0.1, -0.05) is 32.4 Å². The van der Waals surface area contributed by atoms with Crippen molar-refractivity contribution < 1.29 is 46.6 Å². The predicted molar refractivity (Wildman–Crippen MR) is 187 cm³/mol. The maximum Gasteiger partial charge on any atom is 0.405 e. The van der Waals surface area contributed by atoms with Crippen LogP contribution in [0.1, 0.15) is 72.1 Å². The molecule has 52 heavy (non-hydrogen) atoms. The number of ether oxygens (including phenoxy) is 2. The summed E-state index contributed by atoms with van der Waals surface area (Å²) in [5.41, 5.74) is -1.58. The summed E-state index contributed by atoms with van der Waals surface area (Å²) in [6.07, 6.45) is 6.25. The Hall–Kier alpha value is -4.47. The zero-order chi connectivity index (χ0) is 37.6. The second-order valence-corrected chi connectivity index (χ2v) is 17.1. The minimum Gasteiger partial charge on any atom is -0.494 e. The van der Waals surface area contributed by atoms with Crippen molar-refractivity contribution in [3.05, 3.63) is 42.4 Å². The lowest BCUT2D eigenvalue weighted by atomic mass is 9.85. The third-order valence-electron chi connectivity index (χ3n) is 11.2. The second kappa shape index (κ2) is 14.2. The second-order valence-electron chi connectivity index (χ2n) is 14.9. The summed E-state index contributed by atoms with van der Waals surface area (Å²) < 4.78 is 53.5. The highest BCUT2D eigenvalue weighted by Gasteiger charge is 2.63. The molecule has 4 amide bonds. The van der Waals surface area contributed by atoms with E-state index in [1.807, 2.05) is 26.0 Å². The van der Waals surface area contributed by atoms with Gasteiger partial charge >= 0.3 is 6.09 Å². The molecule has 14 nitrogen and oxygen atoms in total. The number of nitrogens with one attached hydrogen (secondary N) is 3. The van der Waals surface area contributed by atoms with E-state index in [2.05, 4.69) is 20.3 Å². The van der Waals surface area contributed by atoms with Crippen molar-refractivity contribution in [1.29, 1.82) is 0 Å². The molecule has 4 N–H and O–H groups in total. The van der Waals surface area contributed by atoms with Crippen LogP contribution in [0.25, 0.3) is 10.8 Å². The molecule has 1 aromatic heterocycles. The van der Waals surface area contributed by atoms with Gasteiger partial charge in [0.25, 0.3) is 5.91 Å². The molecule has 1 saturated heterocycles. The van der Waals surface area contributed by atoms with Crippen LogP contribution in [0, 0.1) is 23.6 Å². The molecule has 7 atom stereocenters. The van der Waals surface area contributed by atoms with Crippen molar-refractivity contribution in [2.75, 3.05) is 13.7 Å². The number of sulfonamides is 1. The minimum absolute atomic E-state index is 0.0284. The largest absolute Gasteiger partial charge is 0.494 e. The van der Waals surface area contributed by atoms with Crippen LogP contribution in [0.3, 0.4) is 0 Å². The Morgan fingerprint density at radius 3 is 2.63 bits per heavy atom. The Morgan fingerprint density at radius 2 is 1.96 bits per heavy atom. The number of halogens is 1. The van der Waals surface area contributed by atoms with E-state index >= 15 is 0 Å². The van der Waals surface area contributed by atoms with E-state index in [1.54, 1.807) is 13.0 Å². The first-order valence-electron chi connectivity index (χ1n) is 17.8. The molecule has 16 heteroatoms. The summed E-state index contributed by atoms with van der Waals surface area (Å²) >= 11 is 0. The van der Waals surface area contributed by atoms with Gasteiger partial charge in [-0.15, -0.1) is 0 Å². The van der Waals surface area contributed by atoms with E-state index in [4.69, 9.17) is 9.47 Å². The number of allylic oxidation sites excluding steroid dienone is 1. The topological polar surface area (TPSA) is 193 Å². The molecule has 1 aromatic carbocycles. The van der Waals surface area contributed by atoms with Crippen molar-refractivity contribution in [2.24, 2.45) is 17.8 Å². The fourth-order valence-electron chi connectivity index (χ4n) is 7.50. The first kappa shape index (κ1) is 37.3. The number of fused-ring (bicyclic) bond motifs is 3. The number of hydrogen-bond acceptors (Lipinski definition) is 9. The Balaban J connectivity index is 1.35. The van der Waals surface area contributed by atoms with Gasteiger partial charge in [0.05, 0.1) is 18.4 Å². The number of carboxylic acid groups (broad SMARTS) is 1. The van der Waals surface area contributed by atoms with Gasteiger partial charge in [-0.3, -0.25) is 19.1 Å². The van der Waals surface area contributed by atoms with Crippen LogP contribution in [0.15, 0.2) is 36.5 Å². The molecular weight excluding hydrogens is 697 g/mol. The van der Waals surface area contributed by atoms with E-state index in [1.165, 1.54) is 30.3 Å². The van der Waals surface area contributed by atoms with Crippen LogP contribution in [0.4, 0.5) is 9.18 Å². The van der Waals surface area contributed by atoms with E-state index in [0.717, 1.165) is 6.42 Å². The third kappa shape index (κ3) is 7.26. The number of carbonyl (C=O) groups excluding carboxylic acids is 3. The molecule has 3 fully saturated rings. The highest BCUT2D eigenvalue weighted by molar-refractivity contribution is 7.91. The number of nitrogens with zero attached hydrogens (tertiary/aromatic N) is 2. The lowest BCUT2D eigenvalue weighted by molar-refractivity contribution is -0.142. The van der Waals surface area contributed by atoms with Crippen LogP contribution in [0.5, 0.6) is 11.6 Å². The van der Waals surface area contributed by atoms with Gasteiger partial charge in [-0.25, -0.2) is 22.6 Å². The Kier molecular flexibility index (Phi) is 10.2. The molecule has 282 valence electrons. The average molecular weight is 744 g/mol. The summed E-state index contributed by atoms with van der Waals surface area (Å²) in [7, 11) is -2.68. The minimum atomic E-state index is -4.03. The lowest BCUT2D eigenvalue weighted by Crippen LogP contribution is -2.59. The number of methoxy groups -OCH3 is 1. The molecule has 2 saturated carbocycles. The van der Waals surface area contributed by atoms with Gasteiger partial charge in [-0.2, -0.15) is 0 Å². The lowest BCUT2D eigenvalue weighted by Gasteiger charge is -2.33. The number of benzene rings is 1. The Morgan fingerprint density at radius 1 is 1.21 bits per heavy atom. The summed E-state index contributed by atoms with van der Waals surface area (Å²) in [5.74, 6) is -3.53.